The summed E-state index contributed by atoms with van der Waals surface area (Å²) in [4.78, 5) is 26.9. The third-order valence-electron chi connectivity index (χ3n) is 4.86. The van der Waals surface area contributed by atoms with E-state index in [0.717, 1.165) is 35.3 Å². The summed E-state index contributed by atoms with van der Waals surface area (Å²) in [5.41, 5.74) is 2.04. The molecule has 1 aromatic heterocycles. The van der Waals surface area contributed by atoms with E-state index in [1.807, 2.05) is 36.1 Å². The zero-order chi connectivity index (χ0) is 20.1. The van der Waals surface area contributed by atoms with Crippen LogP contribution in [-0.2, 0) is 17.8 Å². The number of piperazine rings is 1. The minimum absolute atomic E-state index is 0.138. The number of aliphatic imine (C=N–C) groups is 1. The minimum Gasteiger partial charge on any atom is -0.350 e. The Morgan fingerprint density at radius 1 is 1.25 bits per heavy atom. The molecule has 2 aromatic rings. The molecule has 1 saturated heterocycles. The Balaban J connectivity index is 1.49. The van der Waals surface area contributed by atoms with Crippen molar-refractivity contribution in [3.63, 3.8) is 0 Å². The normalized spacial score (nSPS) is 15.1. The molecule has 0 radical (unpaired) electrons. The average Bonchev–Trinajstić information content (AvgIpc) is 3.00. The lowest BCUT2D eigenvalue weighted by atomic mass is 10.1. The molecule has 0 bridgehead atoms. The van der Waals surface area contributed by atoms with Gasteiger partial charge in [0.25, 0.3) is 0 Å². The molecule has 0 saturated carbocycles. The first-order chi connectivity index (χ1) is 13.5. The van der Waals surface area contributed by atoms with E-state index in [1.54, 1.807) is 18.4 Å². The Bertz CT molecular complexity index is 839. The van der Waals surface area contributed by atoms with E-state index in [0.29, 0.717) is 31.1 Å². The number of benzene rings is 1. The van der Waals surface area contributed by atoms with Crippen LogP contribution < -0.4 is 5.32 Å². The number of hydrogen-bond acceptors (Lipinski definition) is 4. The molecule has 1 amide bonds. The van der Waals surface area contributed by atoms with E-state index in [1.165, 1.54) is 4.88 Å². The van der Waals surface area contributed by atoms with Crippen LogP contribution in [0.3, 0.4) is 0 Å². The highest BCUT2D eigenvalue weighted by molar-refractivity contribution is 7.11. The molecular formula is C20H26ClN5OS. The highest BCUT2D eigenvalue weighted by Gasteiger charge is 2.23. The quantitative estimate of drug-likeness (QED) is 0.611. The highest BCUT2D eigenvalue weighted by Crippen LogP contribution is 2.16. The predicted molar refractivity (Wildman–Crippen MR) is 115 cm³/mol. The highest BCUT2D eigenvalue weighted by atomic mass is 35.5. The van der Waals surface area contributed by atoms with Gasteiger partial charge in [-0.05, 0) is 31.5 Å². The summed E-state index contributed by atoms with van der Waals surface area (Å²) in [6.07, 6.45) is 0.385. The third kappa shape index (κ3) is 5.23. The molecule has 8 heteroatoms. The van der Waals surface area contributed by atoms with Crippen molar-refractivity contribution in [3.05, 3.63) is 50.4 Å². The molecule has 3 rings (SSSR count). The van der Waals surface area contributed by atoms with Gasteiger partial charge in [-0.15, -0.1) is 11.3 Å². The average molecular weight is 420 g/mol. The molecule has 1 N–H and O–H groups in total. The number of aryl methyl sites for hydroxylation is 2. The van der Waals surface area contributed by atoms with Crippen LogP contribution in [0.25, 0.3) is 0 Å². The summed E-state index contributed by atoms with van der Waals surface area (Å²) in [5, 5.41) is 5.12. The fraction of sp³-hybridized carbons (Fsp3) is 0.450. The van der Waals surface area contributed by atoms with Crippen LogP contribution in [0.4, 0.5) is 0 Å². The van der Waals surface area contributed by atoms with E-state index in [9.17, 15) is 4.79 Å². The Morgan fingerprint density at radius 2 is 1.96 bits per heavy atom. The van der Waals surface area contributed by atoms with Crippen LogP contribution in [0.1, 0.15) is 21.1 Å². The van der Waals surface area contributed by atoms with Gasteiger partial charge in [0, 0.05) is 43.1 Å². The minimum atomic E-state index is 0.138. The smallest absolute Gasteiger partial charge is 0.227 e. The van der Waals surface area contributed by atoms with Gasteiger partial charge in [-0.1, -0.05) is 23.7 Å². The largest absolute Gasteiger partial charge is 0.350 e. The van der Waals surface area contributed by atoms with Crippen LogP contribution in [0.15, 0.2) is 29.3 Å². The Labute approximate surface area is 175 Å². The van der Waals surface area contributed by atoms with Crippen LogP contribution in [0.2, 0.25) is 5.02 Å². The number of rotatable bonds is 4. The number of aromatic nitrogens is 1. The van der Waals surface area contributed by atoms with Gasteiger partial charge in [0.2, 0.25) is 5.91 Å². The lowest BCUT2D eigenvalue weighted by Crippen LogP contribution is -2.53. The molecule has 1 aromatic carbocycles. The number of nitrogens with zero attached hydrogens (tertiary/aromatic N) is 4. The molecular weight excluding hydrogens is 394 g/mol. The van der Waals surface area contributed by atoms with Crippen molar-refractivity contribution >= 4 is 34.8 Å². The third-order valence-corrected chi connectivity index (χ3v) is 6.17. The van der Waals surface area contributed by atoms with E-state index < -0.39 is 0 Å². The first-order valence-electron chi connectivity index (χ1n) is 9.37. The summed E-state index contributed by atoms with van der Waals surface area (Å²) in [6, 6.07) is 7.49. The standard InChI is InChI=1S/C20H26ClN5OS/c1-14-15(2)28-18(24-14)13-23-20(22-3)26-9-7-25(8-10-26)19(27)12-16-5-4-6-17(21)11-16/h4-6,11H,7-10,12-13H2,1-3H3,(H,22,23). The molecule has 150 valence electrons. The number of nitrogens with one attached hydrogen (secondary N) is 1. The monoisotopic (exact) mass is 419 g/mol. The summed E-state index contributed by atoms with van der Waals surface area (Å²) < 4.78 is 0. The van der Waals surface area contributed by atoms with Crippen LogP contribution in [0.5, 0.6) is 0 Å². The van der Waals surface area contributed by atoms with Crippen molar-refractivity contribution in [1.82, 2.24) is 20.1 Å². The van der Waals surface area contributed by atoms with Gasteiger partial charge in [0.1, 0.15) is 5.01 Å². The summed E-state index contributed by atoms with van der Waals surface area (Å²) in [6.45, 7) is 7.69. The van der Waals surface area contributed by atoms with Gasteiger partial charge in [-0.3, -0.25) is 9.79 Å². The Hall–Kier alpha value is -2.12. The van der Waals surface area contributed by atoms with Gasteiger partial charge >= 0.3 is 0 Å². The number of thiazole rings is 1. The van der Waals surface area contributed by atoms with Gasteiger partial charge in [-0.2, -0.15) is 0 Å². The SMILES string of the molecule is CN=C(NCc1nc(C)c(C)s1)N1CCN(C(=O)Cc2cccc(Cl)c2)CC1. The van der Waals surface area contributed by atoms with E-state index in [4.69, 9.17) is 11.6 Å². The topological polar surface area (TPSA) is 60.8 Å². The first-order valence-corrected chi connectivity index (χ1v) is 10.6. The molecule has 6 nitrogen and oxygen atoms in total. The summed E-state index contributed by atoms with van der Waals surface area (Å²) >= 11 is 7.72. The van der Waals surface area contributed by atoms with Crippen LogP contribution in [-0.4, -0.2) is 59.9 Å². The molecule has 0 unspecified atom stereocenters. The fourth-order valence-corrected chi connectivity index (χ4v) is 4.29. The fourth-order valence-electron chi connectivity index (χ4n) is 3.20. The lowest BCUT2D eigenvalue weighted by Gasteiger charge is -2.36. The summed E-state index contributed by atoms with van der Waals surface area (Å²) in [7, 11) is 1.79. The Kier molecular flexibility index (Phi) is 6.91. The number of hydrogen-bond donors (Lipinski definition) is 1. The zero-order valence-corrected chi connectivity index (χ0v) is 18.1. The maximum atomic E-state index is 12.6. The molecule has 1 aliphatic rings. The second-order valence-electron chi connectivity index (χ2n) is 6.82. The van der Waals surface area contributed by atoms with Crippen molar-refractivity contribution in [3.8, 4) is 0 Å². The molecule has 0 atom stereocenters. The predicted octanol–water partition coefficient (Wildman–Crippen LogP) is 2.88. The van der Waals surface area contributed by atoms with Crippen LogP contribution >= 0.6 is 22.9 Å². The number of halogens is 1. The Morgan fingerprint density at radius 3 is 2.57 bits per heavy atom. The van der Waals surface area contributed by atoms with Gasteiger partial charge in [0.05, 0.1) is 18.7 Å². The van der Waals surface area contributed by atoms with Crippen LogP contribution in [0, 0.1) is 13.8 Å². The van der Waals surface area contributed by atoms with E-state index >= 15 is 0 Å². The number of guanidine groups is 1. The molecule has 1 fully saturated rings. The van der Waals surface area contributed by atoms with Gasteiger partial charge in [0.15, 0.2) is 5.96 Å². The van der Waals surface area contributed by atoms with Crippen molar-refractivity contribution < 1.29 is 4.79 Å². The van der Waals surface area contributed by atoms with Crippen molar-refractivity contribution in [1.29, 1.82) is 0 Å². The number of carbonyl (C=O) groups is 1. The zero-order valence-electron chi connectivity index (χ0n) is 16.5. The molecule has 1 aliphatic heterocycles. The first kappa shape index (κ1) is 20.6. The number of carbonyl (C=O) groups excluding carboxylic acids is 1. The van der Waals surface area contributed by atoms with Gasteiger partial charge in [-0.25, -0.2) is 4.98 Å². The van der Waals surface area contributed by atoms with Crippen molar-refractivity contribution in [2.24, 2.45) is 4.99 Å². The second kappa shape index (κ2) is 9.39. The maximum absolute atomic E-state index is 12.6. The second-order valence-corrected chi connectivity index (χ2v) is 8.55. The summed E-state index contributed by atoms with van der Waals surface area (Å²) in [5.74, 6) is 0.992. The van der Waals surface area contributed by atoms with Crippen molar-refractivity contribution in [2.75, 3.05) is 33.2 Å². The number of amides is 1. The van der Waals surface area contributed by atoms with E-state index in [-0.39, 0.29) is 5.91 Å². The molecule has 0 aliphatic carbocycles. The van der Waals surface area contributed by atoms with E-state index in [2.05, 4.69) is 27.1 Å². The molecule has 28 heavy (non-hydrogen) atoms. The lowest BCUT2D eigenvalue weighted by molar-refractivity contribution is -0.131. The van der Waals surface area contributed by atoms with Crippen molar-refractivity contribution in [2.45, 2.75) is 26.8 Å². The molecule has 2 heterocycles. The van der Waals surface area contributed by atoms with Gasteiger partial charge < -0.3 is 15.1 Å². The molecule has 0 spiro atoms. The maximum Gasteiger partial charge on any atom is 0.227 e.